The van der Waals surface area contributed by atoms with E-state index in [4.69, 9.17) is 23.2 Å². The molecule has 2 aromatic carbocycles. The predicted molar refractivity (Wildman–Crippen MR) is 78.6 cm³/mol. The molecule has 0 aliphatic rings. The summed E-state index contributed by atoms with van der Waals surface area (Å²) < 4.78 is 14.0. The van der Waals surface area contributed by atoms with Crippen molar-refractivity contribution in [1.82, 2.24) is 0 Å². The van der Waals surface area contributed by atoms with Crippen molar-refractivity contribution in [2.75, 3.05) is 0 Å². The Kier molecular flexibility index (Phi) is 4.61. The molecule has 0 radical (unpaired) electrons. The zero-order valence-electron chi connectivity index (χ0n) is 9.59. The lowest BCUT2D eigenvalue weighted by Gasteiger charge is -2.04. The highest BCUT2D eigenvalue weighted by Crippen LogP contribution is 2.24. The molecule has 2 rings (SSSR count). The van der Waals surface area contributed by atoms with Gasteiger partial charge in [0.25, 0.3) is 0 Å². The Balaban J connectivity index is 2.20. The maximum Gasteiger partial charge on any atom is 0.167 e. The molecule has 19 heavy (non-hydrogen) atoms. The monoisotopic (exact) mass is 360 g/mol. The summed E-state index contributed by atoms with van der Waals surface area (Å²) >= 11 is 14.8. The van der Waals surface area contributed by atoms with Crippen molar-refractivity contribution in [3.05, 3.63) is 67.9 Å². The summed E-state index contributed by atoms with van der Waals surface area (Å²) in [5.41, 5.74) is 1.06. The molecule has 0 aromatic heterocycles. The molecule has 0 saturated heterocycles. The average molecular weight is 362 g/mol. The Morgan fingerprint density at radius 1 is 1.11 bits per heavy atom. The van der Waals surface area contributed by atoms with Crippen molar-refractivity contribution in [3.63, 3.8) is 0 Å². The summed E-state index contributed by atoms with van der Waals surface area (Å²) in [6.07, 6.45) is 0.103. The van der Waals surface area contributed by atoms with Crippen LogP contribution in [0.1, 0.15) is 15.9 Å². The van der Waals surface area contributed by atoms with Crippen molar-refractivity contribution in [2.45, 2.75) is 6.42 Å². The molecule has 98 valence electrons. The van der Waals surface area contributed by atoms with Gasteiger partial charge in [-0.1, -0.05) is 35.3 Å². The van der Waals surface area contributed by atoms with E-state index in [1.807, 2.05) is 0 Å². The molecule has 0 saturated carbocycles. The fourth-order valence-corrected chi connectivity index (χ4v) is 2.15. The van der Waals surface area contributed by atoms with Crippen molar-refractivity contribution < 1.29 is 9.18 Å². The molecule has 0 atom stereocenters. The van der Waals surface area contributed by atoms with Gasteiger partial charge in [0.2, 0.25) is 0 Å². The third kappa shape index (κ3) is 3.56. The van der Waals surface area contributed by atoms with E-state index in [0.29, 0.717) is 16.1 Å². The summed E-state index contributed by atoms with van der Waals surface area (Å²) in [5, 5.41) is 0.510. The van der Waals surface area contributed by atoms with E-state index in [-0.39, 0.29) is 17.2 Å². The normalized spacial score (nSPS) is 10.5. The van der Waals surface area contributed by atoms with Gasteiger partial charge in [-0.15, -0.1) is 0 Å². The maximum atomic E-state index is 13.3. The van der Waals surface area contributed by atoms with Gasteiger partial charge in [-0.3, -0.25) is 4.79 Å². The molecule has 0 bridgehead atoms. The molecule has 0 N–H and O–H groups in total. The average Bonchev–Trinajstić information content (AvgIpc) is 2.37. The van der Waals surface area contributed by atoms with Crippen LogP contribution in [0, 0.1) is 5.82 Å². The maximum absolute atomic E-state index is 13.3. The third-order valence-electron chi connectivity index (χ3n) is 2.59. The molecule has 0 amide bonds. The summed E-state index contributed by atoms with van der Waals surface area (Å²) in [5.74, 6) is -0.656. The van der Waals surface area contributed by atoms with Gasteiger partial charge in [-0.2, -0.15) is 0 Å². The Morgan fingerprint density at radius 3 is 2.47 bits per heavy atom. The largest absolute Gasteiger partial charge is 0.294 e. The highest BCUT2D eigenvalue weighted by Gasteiger charge is 2.10. The number of benzene rings is 2. The quantitative estimate of drug-likeness (QED) is 0.676. The molecule has 0 heterocycles. The first-order valence-corrected chi connectivity index (χ1v) is 6.94. The second-order valence-electron chi connectivity index (χ2n) is 3.98. The Hall–Kier alpha value is -0.900. The van der Waals surface area contributed by atoms with Gasteiger partial charge in [-0.25, -0.2) is 4.39 Å². The van der Waals surface area contributed by atoms with E-state index in [0.717, 1.165) is 4.47 Å². The zero-order chi connectivity index (χ0) is 14.0. The SMILES string of the molecule is O=C(Cc1ccc(Cl)c(F)c1)c1ccc(Br)c(Cl)c1. The van der Waals surface area contributed by atoms with Gasteiger partial charge in [0.05, 0.1) is 10.0 Å². The highest BCUT2D eigenvalue weighted by atomic mass is 79.9. The highest BCUT2D eigenvalue weighted by molar-refractivity contribution is 9.10. The zero-order valence-corrected chi connectivity index (χ0v) is 12.7. The van der Waals surface area contributed by atoms with Crippen LogP contribution in [0.3, 0.4) is 0 Å². The van der Waals surface area contributed by atoms with Crippen LogP contribution in [0.5, 0.6) is 0 Å². The van der Waals surface area contributed by atoms with Gasteiger partial charge in [0.1, 0.15) is 5.82 Å². The van der Waals surface area contributed by atoms with Crippen LogP contribution in [-0.4, -0.2) is 5.78 Å². The number of rotatable bonds is 3. The first-order chi connectivity index (χ1) is 8.97. The van der Waals surface area contributed by atoms with Crippen LogP contribution in [0.2, 0.25) is 10.0 Å². The minimum atomic E-state index is -0.527. The molecule has 0 fully saturated rings. The van der Waals surface area contributed by atoms with E-state index < -0.39 is 5.82 Å². The molecule has 0 spiro atoms. The number of ketones is 1. The lowest BCUT2D eigenvalue weighted by atomic mass is 10.0. The molecule has 2 aromatic rings. The van der Waals surface area contributed by atoms with Crippen molar-refractivity contribution in [2.24, 2.45) is 0 Å². The summed E-state index contributed by atoms with van der Waals surface area (Å²) in [6.45, 7) is 0. The minimum Gasteiger partial charge on any atom is -0.294 e. The van der Waals surface area contributed by atoms with Gasteiger partial charge < -0.3 is 0 Å². The van der Waals surface area contributed by atoms with Crippen LogP contribution in [0.4, 0.5) is 4.39 Å². The number of carbonyl (C=O) groups is 1. The van der Waals surface area contributed by atoms with E-state index >= 15 is 0 Å². The summed E-state index contributed by atoms with van der Waals surface area (Å²) in [4.78, 5) is 12.0. The van der Waals surface area contributed by atoms with Crippen LogP contribution in [0.25, 0.3) is 0 Å². The van der Waals surface area contributed by atoms with Gasteiger partial charge in [0.15, 0.2) is 5.78 Å². The first kappa shape index (κ1) is 14.5. The van der Waals surface area contributed by atoms with Crippen LogP contribution in [0.15, 0.2) is 40.9 Å². The van der Waals surface area contributed by atoms with Gasteiger partial charge in [-0.05, 0) is 45.8 Å². The molecular formula is C14H8BrCl2FO. The lowest BCUT2D eigenvalue weighted by molar-refractivity contribution is 0.0993. The van der Waals surface area contributed by atoms with Crippen LogP contribution >= 0.6 is 39.1 Å². The van der Waals surface area contributed by atoms with Crippen molar-refractivity contribution in [1.29, 1.82) is 0 Å². The van der Waals surface area contributed by atoms with Crippen molar-refractivity contribution in [3.8, 4) is 0 Å². The molecule has 1 nitrogen and oxygen atoms in total. The standard InChI is InChI=1S/C14H8BrCl2FO/c15-10-3-2-9(7-12(10)17)14(19)6-8-1-4-11(16)13(18)5-8/h1-5,7H,6H2. The Morgan fingerprint density at radius 2 is 1.84 bits per heavy atom. The van der Waals surface area contributed by atoms with E-state index in [1.54, 1.807) is 24.3 Å². The lowest BCUT2D eigenvalue weighted by Crippen LogP contribution is -2.04. The molecular weight excluding hydrogens is 354 g/mol. The smallest absolute Gasteiger partial charge is 0.167 e. The van der Waals surface area contributed by atoms with Crippen LogP contribution in [-0.2, 0) is 6.42 Å². The van der Waals surface area contributed by atoms with E-state index in [2.05, 4.69) is 15.9 Å². The van der Waals surface area contributed by atoms with Gasteiger partial charge >= 0.3 is 0 Å². The number of halogens is 4. The number of hydrogen-bond acceptors (Lipinski definition) is 1. The summed E-state index contributed by atoms with van der Waals surface area (Å²) in [7, 11) is 0. The molecule has 0 aliphatic carbocycles. The molecule has 5 heteroatoms. The molecule has 0 aliphatic heterocycles. The van der Waals surface area contributed by atoms with Crippen LogP contribution < -0.4 is 0 Å². The van der Waals surface area contributed by atoms with Crippen molar-refractivity contribution >= 4 is 44.9 Å². The number of Topliss-reactive ketones (excluding diaryl/α,β-unsaturated/α-hetero) is 1. The van der Waals surface area contributed by atoms with E-state index in [9.17, 15) is 9.18 Å². The third-order valence-corrected chi connectivity index (χ3v) is 4.13. The fourth-order valence-electron chi connectivity index (χ4n) is 1.61. The second-order valence-corrected chi connectivity index (χ2v) is 5.65. The Bertz CT molecular complexity index is 643. The van der Waals surface area contributed by atoms with Gasteiger partial charge in [0, 0.05) is 16.5 Å². The Labute approximate surface area is 128 Å². The predicted octanol–water partition coefficient (Wildman–Crippen LogP) is 5.32. The second kappa shape index (κ2) is 6.04. The first-order valence-electron chi connectivity index (χ1n) is 5.39. The number of hydrogen-bond donors (Lipinski definition) is 0. The number of carbonyl (C=O) groups excluding carboxylic acids is 1. The topological polar surface area (TPSA) is 17.1 Å². The van der Waals surface area contributed by atoms with E-state index in [1.165, 1.54) is 12.1 Å². The summed E-state index contributed by atoms with van der Waals surface area (Å²) in [6, 6.07) is 9.29. The minimum absolute atomic E-state index is 0.0443. The fraction of sp³-hybridized carbons (Fsp3) is 0.0714. The molecule has 0 unspecified atom stereocenters.